The number of H-pyrrole nitrogens is 1. The van der Waals surface area contributed by atoms with Crippen LogP contribution in [0.25, 0.3) is 5.52 Å². The molecule has 1 aliphatic carbocycles. The topological polar surface area (TPSA) is 95.2 Å². The minimum Gasteiger partial charge on any atom is -0.386 e. The van der Waals surface area contributed by atoms with Crippen molar-refractivity contribution >= 4 is 11.3 Å². The molecule has 0 aromatic carbocycles. The second-order valence-corrected chi connectivity index (χ2v) is 7.95. The Hall–Kier alpha value is -3.33. The predicted octanol–water partition coefficient (Wildman–Crippen LogP) is 2.58. The number of halogens is 1. The van der Waals surface area contributed by atoms with Crippen molar-refractivity contribution in [3.8, 4) is 0 Å². The summed E-state index contributed by atoms with van der Waals surface area (Å²) >= 11 is 0. The average Bonchev–Trinajstić information content (AvgIpc) is 3.34. The van der Waals surface area contributed by atoms with E-state index in [1.165, 1.54) is 6.07 Å². The highest BCUT2D eigenvalue weighted by Crippen LogP contribution is 2.40. The molecular formula is C21H20FN7O. The van der Waals surface area contributed by atoms with Crippen LogP contribution in [-0.4, -0.2) is 41.2 Å². The zero-order chi connectivity index (χ0) is 20.2. The van der Waals surface area contributed by atoms with Crippen molar-refractivity contribution in [2.75, 3.05) is 11.4 Å². The molecule has 4 aromatic heterocycles. The summed E-state index contributed by atoms with van der Waals surface area (Å²) in [4.78, 5) is 18.9. The van der Waals surface area contributed by atoms with Gasteiger partial charge < -0.3 is 15.0 Å². The van der Waals surface area contributed by atoms with E-state index in [4.69, 9.17) is 0 Å². The maximum absolute atomic E-state index is 14.3. The smallest absolute Gasteiger partial charge is 0.148 e. The first-order valence-corrected chi connectivity index (χ1v) is 10.1. The van der Waals surface area contributed by atoms with Crippen LogP contribution in [0.5, 0.6) is 0 Å². The van der Waals surface area contributed by atoms with Crippen LogP contribution in [-0.2, 0) is 6.42 Å². The van der Waals surface area contributed by atoms with E-state index in [0.29, 0.717) is 35.2 Å². The predicted molar refractivity (Wildman–Crippen MR) is 106 cm³/mol. The van der Waals surface area contributed by atoms with Gasteiger partial charge in [0.25, 0.3) is 0 Å². The number of aromatic amines is 1. The first-order chi connectivity index (χ1) is 14.7. The van der Waals surface area contributed by atoms with E-state index in [-0.39, 0.29) is 11.9 Å². The lowest BCUT2D eigenvalue weighted by Crippen LogP contribution is -2.37. The number of hydrogen-bond acceptors (Lipinski definition) is 6. The van der Waals surface area contributed by atoms with Crippen LogP contribution >= 0.6 is 0 Å². The summed E-state index contributed by atoms with van der Waals surface area (Å²) in [6.45, 7) is 0.690. The number of aromatic nitrogens is 6. The lowest BCUT2D eigenvalue weighted by Gasteiger charge is -2.34. The number of rotatable bonds is 4. The summed E-state index contributed by atoms with van der Waals surface area (Å²) in [6.07, 6.45) is 9.05. The third-order valence-electron chi connectivity index (χ3n) is 6.00. The fourth-order valence-electron chi connectivity index (χ4n) is 4.24. The maximum atomic E-state index is 14.3. The van der Waals surface area contributed by atoms with Gasteiger partial charge in [0.05, 0.1) is 35.8 Å². The van der Waals surface area contributed by atoms with Gasteiger partial charge in [0, 0.05) is 24.9 Å². The molecule has 1 fully saturated rings. The number of nitrogens with one attached hydrogen (secondary N) is 1. The Morgan fingerprint density at radius 3 is 2.87 bits per heavy atom. The van der Waals surface area contributed by atoms with Crippen LogP contribution in [0.15, 0.2) is 43.1 Å². The molecule has 0 spiro atoms. The summed E-state index contributed by atoms with van der Waals surface area (Å²) in [6, 6.07) is 4.50. The Morgan fingerprint density at radius 1 is 1.20 bits per heavy atom. The van der Waals surface area contributed by atoms with Gasteiger partial charge in [-0.15, -0.1) is 0 Å². The lowest BCUT2D eigenvalue weighted by molar-refractivity contribution is 0.148. The highest BCUT2D eigenvalue weighted by molar-refractivity contribution is 5.54. The van der Waals surface area contributed by atoms with Gasteiger partial charge >= 0.3 is 0 Å². The molecule has 0 bridgehead atoms. The zero-order valence-electron chi connectivity index (χ0n) is 16.1. The van der Waals surface area contributed by atoms with Crippen molar-refractivity contribution in [1.29, 1.82) is 0 Å². The highest BCUT2D eigenvalue weighted by atomic mass is 19.1. The number of imidazole rings is 1. The molecule has 152 valence electrons. The molecule has 6 rings (SSSR count). The molecule has 0 amide bonds. The summed E-state index contributed by atoms with van der Waals surface area (Å²) in [5.41, 5.74) is 3.61. The van der Waals surface area contributed by atoms with Crippen LogP contribution in [0.3, 0.4) is 0 Å². The Morgan fingerprint density at radius 2 is 2.10 bits per heavy atom. The maximum Gasteiger partial charge on any atom is 0.148 e. The Kier molecular flexibility index (Phi) is 3.85. The van der Waals surface area contributed by atoms with Gasteiger partial charge in [-0.2, -0.15) is 5.10 Å². The fourth-order valence-corrected chi connectivity index (χ4v) is 4.24. The van der Waals surface area contributed by atoms with E-state index in [2.05, 4.69) is 29.9 Å². The molecule has 8 nitrogen and oxygen atoms in total. The summed E-state index contributed by atoms with van der Waals surface area (Å²) in [7, 11) is 0. The Labute approximate surface area is 171 Å². The number of fused-ring (bicyclic) bond motifs is 2. The normalized spacial score (nSPS) is 19.8. The zero-order valence-corrected chi connectivity index (χ0v) is 16.1. The van der Waals surface area contributed by atoms with Gasteiger partial charge in [0.2, 0.25) is 0 Å². The van der Waals surface area contributed by atoms with Crippen molar-refractivity contribution in [1.82, 2.24) is 29.5 Å². The van der Waals surface area contributed by atoms with E-state index >= 15 is 0 Å². The fraction of sp³-hybridized carbons (Fsp3) is 0.333. The number of pyridine rings is 1. The second kappa shape index (κ2) is 6.60. The number of aliphatic hydroxyl groups excluding tert-OH is 1. The molecule has 30 heavy (non-hydrogen) atoms. The van der Waals surface area contributed by atoms with Gasteiger partial charge in [-0.1, -0.05) is 0 Å². The monoisotopic (exact) mass is 405 g/mol. The van der Waals surface area contributed by atoms with Crippen molar-refractivity contribution < 1.29 is 9.50 Å². The van der Waals surface area contributed by atoms with E-state index in [1.54, 1.807) is 41.6 Å². The molecule has 9 heteroatoms. The molecule has 1 unspecified atom stereocenters. The van der Waals surface area contributed by atoms with Crippen LogP contribution in [0.4, 0.5) is 10.2 Å². The molecule has 0 saturated heterocycles. The summed E-state index contributed by atoms with van der Waals surface area (Å²) in [5.74, 6) is 0.657. The van der Waals surface area contributed by atoms with Crippen LogP contribution in [0.2, 0.25) is 0 Å². The van der Waals surface area contributed by atoms with Gasteiger partial charge in [0.15, 0.2) is 0 Å². The Bertz CT molecular complexity index is 1210. The second-order valence-electron chi connectivity index (χ2n) is 7.95. The first kappa shape index (κ1) is 17.5. The van der Waals surface area contributed by atoms with Gasteiger partial charge in [-0.05, 0) is 37.0 Å². The van der Waals surface area contributed by atoms with Crippen LogP contribution < -0.4 is 4.90 Å². The molecule has 0 radical (unpaired) electrons. The first-order valence-electron chi connectivity index (χ1n) is 10.1. The molecule has 4 aromatic rings. The number of anilines is 1. The molecular weight excluding hydrogens is 385 g/mol. The standard InChI is InChI=1S/C21H20FN7O/c22-13-2-1-6-29-17(13)8-15(27-29)20-19-14(25-11-26-19)5-7-28(20)18-10-23-16(9-24-18)21(30)12-3-4-12/h1-2,6,8-12,20-21,30H,3-5,7H2,(H,25,26)/t20-,21?/m1/s1. The third kappa shape index (κ3) is 2.77. The van der Waals surface area contributed by atoms with Crippen molar-refractivity contribution in [2.24, 2.45) is 5.92 Å². The summed E-state index contributed by atoms with van der Waals surface area (Å²) < 4.78 is 15.8. The molecule has 2 atom stereocenters. The van der Waals surface area contributed by atoms with E-state index in [9.17, 15) is 9.50 Å². The molecule has 2 N–H and O–H groups in total. The number of hydrogen-bond donors (Lipinski definition) is 2. The largest absolute Gasteiger partial charge is 0.386 e. The third-order valence-corrected chi connectivity index (χ3v) is 6.00. The Balaban J connectivity index is 1.42. The van der Waals surface area contributed by atoms with Crippen LogP contribution in [0.1, 0.15) is 47.8 Å². The molecule has 5 heterocycles. The van der Waals surface area contributed by atoms with Gasteiger partial charge in [-0.25, -0.2) is 18.9 Å². The highest BCUT2D eigenvalue weighted by Gasteiger charge is 2.35. The number of aliphatic hydroxyl groups is 1. The van der Waals surface area contributed by atoms with E-state index in [0.717, 1.165) is 30.7 Å². The molecule has 1 saturated carbocycles. The minimum absolute atomic E-state index is 0.298. The quantitative estimate of drug-likeness (QED) is 0.542. The molecule has 2 aliphatic rings. The lowest BCUT2D eigenvalue weighted by atomic mass is 10.00. The van der Waals surface area contributed by atoms with E-state index < -0.39 is 6.10 Å². The average molecular weight is 405 g/mol. The van der Waals surface area contributed by atoms with Gasteiger partial charge in [-0.3, -0.25) is 4.98 Å². The van der Waals surface area contributed by atoms with Crippen molar-refractivity contribution in [3.63, 3.8) is 0 Å². The minimum atomic E-state index is -0.553. The van der Waals surface area contributed by atoms with Crippen molar-refractivity contribution in [3.05, 3.63) is 71.7 Å². The molecule has 1 aliphatic heterocycles. The van der Waals surface area contributed by atoms with Gasteiger partial charge in [0.1, 0.15) is 29.3 Å². The van der Waals surface area contributed by atoms with E-state index in [1.807, 2.05) is 0 Å². The van der Waals surface area contributed by atoms with Crippen molar-refractivity contribution in [2.45, 2.75) is 31.4 Å². The summed E-state index contributed by atoms with van der Waals surface area (Å²) in [5, 5.41) is 14.9. The SMILES string of the molecule is OC(c1cnc(N2CCc3[nH]cnc3[C@H]2c2cc3c(F)cccn3n2)cn1)C1CC1. The number of nitrogens with zero attached hydrogens (tertiary/aromatic N) is 6. The van der Waals surface area contributed by atoms with Crippen LogP contribution in [0, 0.1) is 11.7 Å².